The van der Waals surface area contributed by atoms with Crippen LogP contribution in [0.3, 0.4) is 0 Å². The minimum atomic E-state index is -0.804. The van der Waals surface area contributed by atoms with Gasteiger partial charge in [-0.2, -0.15) is 0 Å². The van der Waals surface area contributed by atoms with Gasteiger partial charge >= 0.3 is 11.9 Å². The van der Waals surface area contributed by atoms with Crippen molar-refractivity contribution in [2.24, 2.45) is 17.2 Å². The molecular formula is C9H19N3O3. The Kier molecular flexibility index (Phi) is 6.85. The topological polar surface area (TPSA) is 121 Å². The van der Waals surface area contributed by atoms with E-state index >= 15 is 0 Å². The van der Waals surface area contributed by atoms with E-state index in [-0.39, 0.29) is 0 Å². The van der Waals surface area contributed by atoms with Gasteiger partial charge in [-0.1, -0.05) is 6.92 Å². The molecule has 0 aromatic carbocycles. The second-order valence-corrected chi connectivity index (χ2v) is 3.29. The van der Waals surface area contributed by atoms with E-state index in [2.05, 4.69) is 4.74 Å². The Hall–Kier alpha value is -0.980. The van der Waals surface area contributed by atoms with Crippen LogP contribution in [0.2, 0.25) is 0 Å². The molecule has 0 fully saturated rings. The lowest BCUT2D eigenvalue weighted by molar-refractivity contribution is -0.161. The molecule has 0 spiro atoms. The molecule has 0 radical (unpaired) electrons. The molecule has 6 heteroatoms. The zero-order chi connectivity index (χ0) is 11.8. The van der Waals surface area contributed by atoms with E-state index in [0.29, 0.717) is 25.8 Å². The first-order valence-electron chi connectivity index (χ1n) is 4.99. The Morgan fingerprint density at radius 3 is 2.20 bits per heavy atom. The molecule has 2 atom stereocenters. The molecule has 0 heterocycles. The first-order valence-corrected chi connectivity index (χ1v) is 4.99. The van der Waals surface area contributed by atoms with Gasteiger partial charge in [0.25, 0.3) is 0 Å². The fourth-order valence-corrected chi connectivity index (χ4v) is 0.873. The summed E-state index contributed by atoms with van der Waals surface area (Å²) in [7, 11) is 0. The summed E-state index contributed by atoms with van der Waals surface area (Å²) in [6.45, 7) is 2.17. The Morgan fingerprint density at radius 1 is 1.20 bits per heavy atom. The van der Waals surface area contributed by atoms with Gasteiger partial charge in [0.05, 0.1) is 0 Å². The monoisotopic (exact) mass is 217 g/mol. The molecule has 0 rings (SSSR count). The first-order chi connectivity index (χ1) is 7.02. The van der Waals surface area contributed by atoms with Crippen LogP contribution in [0.1, 0.15) is 26.2 Å². The second kappa shape index (κ2) is 7.33. The normalized spacial score (nSPS) is 14.4. The molecule has 0 saturated carbocycles. The van der Waals surface area contributed by atoms with E-state index in [0.717, 1.165) is 0 Å². The van der Waals surface area contributed by atoms with Gasteiger partial charge in [-0.3, -0.25) is 0 Å². The maximum Gasteiger partial charge on any atom is 0.330 e. The Morgan fingerprint density at radius 2 is 1.73 bits per heavy atom. The first kappa shape index (κ1) is 14.0. The van der Waals surface area contributed by atoms with Crippen molar-refractivity contribution in [3.63, 3.8) is 0 Å². The number of carbonyl (C=O) groups is 2. The van der Waals surface area contributed by atoms with E-state index in [9.17, 15) is 9.59 Å². The fraction of sp³-hybridized carbons (Fsp3) is 0.778. The van der Waals surface area contributed by atoms with Crippen molar-refractivity contribution in [2.75, 3.05) is 6.54 Å². The average molecular weight is 217 g/mol. The van der Waals surface area contributed by atoms with Crippen LogP contribution in [0.15, 0.2) is 0 Å². The molecule has 6 nitrogen and oxygen atoms in total. The summed E-state index contributed by atoms with van der Waals surface area (Å²) in [5, 5.41) is 0. The largest absolute Gasteiger partial charge is 0.391 e. The maximum atomic E-state index is 11.2. The lowest BCUT2D eigenvalue weighted by Gasteiger charge is -2.11. The van der Waals surface area contributed by atoms with Crippen molar-refractivity contribution in [1.82, 2.24) is 0 Å². The van der Waals surface area contributed by atoms with Crippen molar-refractivity contribution in [1.29, 1.82) is 0 Å². The highest BCUT2D eigenvalue weighted by atomic mass is 16.6. The Bertz CT molecular complexity index is 221. The summed E-state index contributed by atoms with van der Waals surface area (Å²) in [5.41, 5.74) is 16.1. The maximum absolute atomic E-state index is 11.2. The molecule has 6 N–H and O–H groups in total. The van der Waals surface area contributed by atoms with E-state index < -0.39 is 24.0 Å². The summed E-state index contributed by atoms with van der Waals surface area (Å²) in [6.07, 6.45) is 1.44. The third-order valence-electron chi connectivity index (χ3n) is 1.97. The Balaban J connectivity index is 3.96. The number of ether oxygens (including phenoxy) is 1. The lowest BCUT2D eigenvalue weighted by Crippen LogP contribution is -2.39. The van der Waals surface area contributed by atoms with E-state index in [1.54, 1.807) is 6.92 Å². The van der Waals surface area contributed by atoms with Crippen LogP contribution >= 0.6 is 0 Å². The van der Waals surface area contributed by atoms with Gasteiger partial charge in [-0.25, -0.2) is 9.59 Å². The van der Waals surface area contributed by atoms with Crippen molar-refractivity contribution in [3.8, 4) is 0 Å². The standard InChI is InChI=1S/C9H19N3O3/c1-2-6(11)8(13)15-9(14)7(12)4-3-5-10/h6-7H,2-5,10-12H2,1H3/t6-,7-/m0/s1. The number of nitrogens with two attached hydrogens (primary N) is 3. The van der Waals surface area contributed by atoms with Crippen molar-refractivity contribution in [2.45, 2.75) is 38.3 Å². The van der Waals surface area contributed by atoms with Crippen LogP contribution in [-0.4, -0.2) is 30.6 Å². The second-order valence-electron chi connectivity index (χ2n) is 3.29. The summed E-state index contributed by atoms with van der Waals surface area (Å²) in [4.78, 5) is 22.3. The van der Waals surface area contributed by atoms with Crippen molar-refractivity contribution >= 4 is 11.9 Å². The molecule has 0 unspecified atom stereocenters. The van der Waals surface area contributed by atoms with Crippen LogP contribution in [0.25, 0.3) is 0 Å². The number of hydrogen-bond donors (Lipinski definition) is 3. The Labute approximate surface area is 89.1 Å². The van der Waals surface area contributed by atoms with Crippen molar-refractivity contribution < 1.29 is 14.3 Å². The zero-order valence-corrected chi connectivity index (χ0v) is 8.94. The van der Waals surface area contributed by atoms with Gasteiger partial charge in [0.15, 0.2) is 0 Å². The van der Waals surface area contributed by atoms with E-state index in [4.69, 9.17) is 17.2 Å². The molecule has 0 aromatic rings. The van der Waals surface area contributed by atoms with E-state index in [1.165, 1.54) is 0 Å². The molecule has 0 aliphatic carbocycles. The smallest absolute Gasteiger partial charge is 0.330 e. The van der Waals surface area contributed by atoms with Gasteiger partial charge in [0, 0.05) is 0 Å². The van der Waals surface area contributed by atoms with Gasteiger partial charge in [0.1, 0.15) is 12.1 Å². The van der Waals surface area contributed by atoms with Gasteiger partial charge in [-0.15, -0.1) is 0 Å². The highest BCUT2D eigenvalue weighted by Crippen LogP contribution is 1.98. The van der Waals surface area contributed by atoms with Crippen LogP contribution in [-0.2, 0) is 14.3 Å². The highest BCUT2D eigenvalue weighted by Gasteiger charge is 2.21. The third-order valence-corrected chi connectivity index (χ3v) is 1.97. The predicted octanol–water partition coefficient (Wildman–Crippen LogP) is -1.14. The SMILES string of the molecule is CC[C@H](N)C(=O)OC(=O)[C@@H](N)CCCN. The minimum Gasteiger partial charge on any atom is -0.391 e. The summed E-state index contributed by atoms with van der Waals surface area (Å²) in [5.74, 6) is -1.47. The minimum absolute atomic E-state index is 0.407. The molecular weight excluding hydrogens is 198 g/mol. The van der Waals surface area contributed by atoms with Crippen LogP contribution in [0.5, 0.6) is 0 Å². The molecule has 0 saturated heterocycles. The van der Waals surface area contributed by atoms with Crippen LogP contribution in [0, 0.1) is 0 Å². The molecule has 0 aromatic heterocycles. The molecule has 0 amide bonds. The van der Waals surface area contributed by atoms with Crippen LogP contribution in [0.4, 0.5) is 0 Å². The molecule has 0 aliphatic rings. The number of carbonyl (C=O) groups excluding carboxylic acids is 2. The predicted molar refractivity (Wildman–Crippen MR) is 55.6 cm³/mol. The number of rotatable bonds is 6. The number of hydrogen-bond acceptors (Lipinski definition) is 6. The molecule has 15 heavy (non-hydrogen) atoms. The summed E-state index contributed by atoms with van der Waals surface area (Å²) >= 11 is 0. The lowest BCUT2D eigenvalue weighted by atomic mass is 10.2. The highest BCUT2D eigenvalue weighted by molar-refractivity contribution is 5.90. The molecule has 88 valence electrons. The van der Waals surface area contributed by atoms with Gasteiger partial charge in [0.2, 0.25) is 0 Å². The summed E-state index contributed by atoms with van der Waals surface area (Å²) in [6, 6.07) is -1.57. The molecule has 0 aliphatic heterocycles. The zero-order valence-electron chi connectivity index (χ0n) is 8.94. The van der Waals surface area contributed by atoms with Crippen molar-refractivity contribution in [3.05, 3.63) is 0 Å². The fourth-order valence-electron chi connectivity index (χ4n) is 0.873. The summed E-state index contributed by atoms with van der Waals surface area (Å²) < 4.78 is 4.49. The van der Waals surface area contributed by atoms with E-state index in [1.807, 2.05) is 0 Å². The van der Waals surface area contributed by atoms with Gasteiger partial charge < -0.3 is 21.9 Å². The number of esters is 2. The van der Waals surface area contributed by atoms with Gasteiger partial charge in [-0.05, 0) is 25.8 Å². The average Bonchev–Trinajstić information content (AvgIpc) is 2.24. The van der Waals surface area contributed by atoms with Crippen LogP contribution < -0.4 is 17.2 Å². The third kappa shape index (κ3) is 5.46. The molecule has 0 bridgehead atoms. The quantitative estimate of drug-likeness (QED) is 0.382.